The summed E-state index contributed by atoms with van der Waals surface area (Å²) in [4.78, 5) is 33.3. The first kappa shape index (κ1) is 17.8. The molecule has 2 N–H and O–H groups in total. The fraction of sp³-hybridized carbons (Fsp3) is 0.471. The molecule has 2 aliphatic carbocycles. The summed E-state index contributed by atoms with van der Waals surface area (Å²) in [7, 11) is 0. The van der Waals surface area contributed by atoms with Gasteiger partial charge < -0.3 is 5.43 Å². The third-order valence-electron chi connectivity index (χ3n) is 6.19. The Bertz CT molecular complexity index is 848. The average Bonchev–Trinajstić information content (AvgIpc) is 2.88. The largest absolute Gasteiger partial charge is 0.308 e. The van der Waals surface area contributed by atoms with Crippen LogP contribution in [0.1, 0.15) is 33.6 Å². The zero-order chi connectivity index (χ0) is 19.3. The van der Waals surface area contributed by atoms with Crippen LogP contribution in [0, 0.1) is 37.0 Å². The van der Waals surface area contributed by atoms with Gasteiger partial charge >= 0.3 is 5.69 Å². The molecule has 2 bridgehead atoms. The number of anilines is 1. The van der Waals surface area contributed by atoms with Crippen molar-refractivity contribution in [1.29, 1.82) is 0 Å². The van der Waals surface area contributed by atoms with Gasteiger partial charge in [0.25, 0.3) is 5.69 Å². The number of nitrogens with one attached hydrogen (secondary N) is 2. The smallest absolute Gasteiger partial charge is 0.300 e. The third kappa shape index (κ3) is 2.42. The Labute approximate surface area is 149 Å². The maximum Gasteiger partial charge on any atom is 0.300 e. The molecular weight excluding hydrogens is 340 g/mol. The Morgan fingerprint density at radius 2 is 1.88 bits per heavy atom. The van der Waals surface area contributed by atoms with Gasteiger partial charge in [-0.05, 0) is 30.2 Å². The number of hydrogen-bond acceptors (Lipinski definition) is 7. The second-order valence-corrected chi connectivity index (χ2v) is 7.56. The lowest BCUT2D eigenvalue weighted by Crippen LogP contribution is -2.32. The number of allylic oxidation sites excluding steroid dienone is 1. The molecule has 3 rings (SSSR count). The zero-order valence-electron chi connectivity index (χ0n) is 14.7. The molecule has 2 aliphatic rings. The van der Waals surface area contributed by atoms with Crippen molar-refractivity contribution in [3.8, 4) is 0 Å². The number of nitro benzene ring substituents is 2. The monoisotopic (exact) mass is 360 g/mol. The number of hydrogen-bond donors (Lipinski definition) is 2. The topological polar surface area (TPSA) is 127 Å². The first-order valence-corrected chi connectivity index (χ1v) is 8.29. The Morgan fingerprint density at radius 3 is 2.42 bits per heavy atom. The zero-order valence-corrected chi connectivity index (χ0v) is 14.7. The fourth-order valence-corrected chi connectivity index (χ4v) is 4.18. The predicted molar refractivity (Wildman–Crippen MR) is 94.2 cm³/mol. The molecule has 0 aliphatic heterocycles. The summed E-state index contributed by atoms with van der Waals surface area (Å²) in [5.74, 6) is 0.243. The summed E-state index contributed by atoms with van der Waals surface area (Å²) in [5.41, 5.74) is 4.88. The third-order valence-corrected chi connectivity index (χ3v) is 6.19. The van der Waals surface area contributed by atoms with Crippen molar-refractivity contribution in [3.05, 3.63) is 50.2 Å². The molecule has 0 aromatic heterocycles. The van der Waals surface area contributed by atoms with Crippen molar-refractivity contribution in [1.82, 2.24) is 5.43 Å². The molecule has 0 radical (unpaired) electrons. The van der Waals surface area contributed by atoms with Crippen LogP contribution in [-0.2, 0) is 4.79 Å². The quantitative estimate of drug-likeness (QED) is 0.468. The van der Waals surface area contributed by atoms with E-state index in [2.05, 4.69) is 24.7 Å². The molecule has 2 fully saturated rings. The molecule has 1 aromatic carbocycles. The second kappa shape index (κ2) is 5.79. The van der Waals surface area contributed by atoms with Gasteiger partial charge in [-0.1, -0.05) is 20.8 Å². The van der Waals surface area contributed by atoms with Crippen molar-refractivity contribution >= 4 is 22.8 Å². The van der Waals surface area contributed by atoms with E-state index in [0.29, 0.717) is 5.57 Å². The van der Waals surface area contributed by atoms with E-state index in [0.717, 1.165) is 18.9 Å². The number of ketones is 1. The van der Waals surface area contributed by atoms with Crippen molar-refractivity contribution in [2.24, 2.45) is 16.7 Å². The molecule has 2 unspecified atom stereocenters. The molecule has 2 saturated carbocycles. The van der Waals surface area contributed by atoms with Crippen LogP contribution in [0.2, 0.25) is 0 Å². The summed E-state index contributed by atoms with van der Waals surface area (Å²) in [6.45, 7) is 6.18. The molecule has 0 heterocycles. The van der Waals surface area contributed by atoms with Crippen LogP contribution < -0.4 is 10.9 Å². The first-order valence-electron chi connectivity index (χ1n) is 8.29. The van der Waals surface area contributed by atoms with E-state index >= 15 is 0 Å². The average molecular weight is 360 g/mol. The number of Topliss-reactive ketones (excluding diaryl/α,β-unsaturated/α-hetero) is 1. The highest BCUT2D eigenvalue weighted by Crippen LogP contribution is 2.65. The molecule has 9 nitrogen and oxygen atoms in total. The number of nitro groups is 2. The first-order chi connectivity index (χ1) is 12.1. The Kier molecular flexibility index (Phi) is 3.97. The molecular formula is C17H20N4O5. The van der Waals surface area contributed by atoms with Gasteiger partial charge in [0.2, 0.25) is 0 Å². The van der Waals surface area contributed by atoms with Gasteiger partial charge in [0.15, 0.2) is 5.78 Å². The number of carbonyl (C=O) groups excluding carboxylic acids is 1. The highest BCUT2D eigenvalue weighted by Gasteiger charge is 2.63. The van der Waals surface area contributed by atoms with Crippen molar-refractivity contribution in [3.63, 3.8) is 0 Å². The summed E-state index contributed by atoms with van der Waals surface area (Å²) < 4.78 is 0. The van der Waals surface area contributed by atoms with Crippen LogP contribution in [-0.4, -0.2) is 15.6 Å². The van der Waals surface area contributed by atoms with E-state index in [9.17, 15) is 25.0 Å². The standard InChI is InChI=1S/C17H20N4O5/c1-16(2)12-6-7-17(16,3)15(22)11(12)9-18-19-13-5-4-10(20(23)24)8-14(13)21(25)26/h4-5,8-9,12,18-19H,6-7H2,1-3H3. The number of carbonyl (C=O) groups is 1. The predicted octanol–water partition coefficient (Wildman–Crippen LogP) is 3.33. The van der Waals surface area contributed by atoms with Crippen LogP contribution >= 0.6 is 0 Å². The normalized spacial score (nSPS) is 27.6. The van der Waals surface area contributed by atoms with E-state index in [1.54, 1.807) is 6.20 Å². The molecule has 0 saturated heterocycles. The molecule has 1 aromatic rings. The van der Waals surface area contributed by atoms with E-state index in [1.165, 1.54) is 12.1 Å². The van der Waals surface area contributed by atoms with E-state index in [4.69, 9.17) is 0 Å². The maximum absolute atomic E-state index is 12.7. The van der Waals surface area contributed by atoms with E-state index in [1.807, 2.05) is 6.92 Å². The van der Waals surface area contributed by atoms with Crippen molar-refractivity contribution in [2.45, 2.75) is 33.6 Å². The van der Waals surface area contributed by atoms with Crippen LogP contribution in [0.4, 0.5) is 17.1 Å². The highest BCUT2D eigenvalue weighted by molar-refractivity contribution is 6.04. The lowest BCUT2D eigenvalue weighted by atomic mass is 9.70. The Balaban J connectivity index is 1.81. The summed E-state index contributed by atoms with van der Waals surface area (Å²) >= 11 is 0. The van der Waals surface area contributed by atoms with E-state index < -0.39 is 15.5 Å². The molecule has 138 valence electrons. The molecule has 9 heteroatoms. The summed E-state index contributed by atoms with van der Waals surface area (Å²) in [5, 5.41) is 21.9. The van der Waals surface area contributed by atoms with Gasteiger partial charge in [-0.3, -0.25) is 30.4 Å². The molecule has 0 amide bonds. The summed E-state index contributed by atoms with van der Waals surface area (Å²) in [6, 6.07) is 3.33. The summed E-state index contributed by atoms with van der Waals surface area (Å²) in [6.07, 6.45) is 3.35. The maximum atomic E-state index is 12.7. The number of fused-ring (bicyclic) bond motifs is 2. The van der Waals surface area contributed by atoms with Crippen LogP contribution in [0.3, 0.4) is 0 Å². The van der Waals surface area contributed by atoms with Gasteiger partial charge in [-0.15, -0.1) is 0 Å². The number of rotatable bonds is 5. The highest BCUT2D eigenvalue weighted by atomic mass is 16.6. The van der Waals surface area contributed by atoms with Crippen LogP contribution in [0.5, 0.6) is 0 Å². The lowest BCUT2D eigenvalue weighted by molar-refractivity contribution is -0.393. The number of non-ortho nitro benzene ring substituents is 1. The van der Waals surface area contributed by atoms with Gasteiger partial charge in [-0.2, -0.15) is 0 Å². The minimum Gasteiger partial charge on any atom is -0.308 e. The fourth-order valence-electron chi connectivity index (χ4n) is 4.18. The Hall–Kier alpha value is -2.97. The van der Waals surface area contributed by atoms with Gasteiger partial charge in [0, 0.05) is 23.3 Å². The number of nitrogens with zero attached hydrogens (tertiary/aromatic N) is 2. The SMILES string of the molecule is CC12CCC(C(=CNNc3ccc([N+](=O)[O-])cc3[N+](=O)[O-])C1=O)C2(C)C. The molecule has 26 heavy (non-hydrogen) atoms. The van der Waals surface area contributed by atoms with Gasteiger partial charge in [0.05, 0.1) is 15.9 Å². The molecule has 0 spiro atoms. The van der Waals surface area contributed by atoms with Crippen molar-refractivity contribution < 1.29 is 14.6 Å². The second-order valence-electron chi connectivity index (χ2n) is 7.56. The van der Waals surface area contributed by atoms with E-state index in [-0.39, 0.29) is 33.9 Å². The van der Waals surface area contributed by atoms with Crippen molar-refractivity contribution in [2.75, 3.05) is 5.43 Å². The molecule has 2 atom stereocenters. The minimum atomic E-state index is -0.697. The van der Waals surface area contributed by atoms with Crippen LogP contribution in [0.25, 0.3) is 0 Å². The number of hydrazine groups is 1. The minimum absolute atomic E-state index is 0.0820. The van der Waals surface area contributed by atoms with Crippen LogP contribution in [0.15, 0.2) is 30.0 Å². The Morgan fingerprint density at radius 1 is 1.19 bits per heavy atom. The van der Waals surface area contributed by atoms with Gasteiger partial charge in [0.1, 0.15) is 5.69 Å². The van der Waals surface area contributed by atoms with Gasteiger partial charge in [-0.25, -0.2) is 0 Å². The number of benzene rings is 1. The lowest BCUT2D eigenvalue weighted by Gasteiger charge is -2.31.